The highest BCUT2D eigenvalue weighted by atomic mass is 32.1. The second kappa shape index (κ2) is 8.37. The summed E-state index contributed by atoms with van der Waals surface area (Å²) in [4.78, 5) is 17.6. The van der Waals surface area contributed by atoms with Crippen LogP contribution in [0.25, 0.3) is 21.7 Å². The number of fused-ring (bicyclic) bond motifs is 1. The van der Waals surface area contributed by atoms with Gasteiger partial charge in [-0.25, -0.2) is 4.98 Å². The van der Waals surface area contributed by atoms with Crippen LogP contribution in [-0.4, -0.2) is 53.8 Å². The normalized spacial score (nSPS) is 10.8. The molecule has 0 unspecified atom stereocenters. The molecule has 30 heavy (non-hydrogen) atoms. The molecule has 2 heterocycles. The summed E-state index contributed by atoms with van der Waals surface area (Å²) in [5.74, 6) is 1.53. The molecule has 2 aromatic heterocycles. The Morgan fingerprint density at radius 2 is 1.97 bits per heavy atom. The van der Waals surface area contributed by atoms with Crippen LogP contribution in [0.4, 0.5) is 11.1 Å². The van der Waals surface area contributed by atoms with Gasteiger partial charge in [-0.1, -0.05) is 22.5 Å². The summed E-state index contributed by atoms with van der Waals surface area (Å²) in [7, 11) is 4.98. The molecule has 0 radical (unpaired) electrons. The first kappa shape index (κ1) is 19.6. The van der Waals surface area contributed by atoms with Crippen molar-refractivity contribution in [1.82, 2.24) is 20.1 Å². The van der Waals surface area contributed by atoms with E-state index in [0.29, 0.717) is 22.5 Å². The van der Waals surface area contributed by atoms with Gasteiger partial charge in [0, 0.05) is 19.7 Å². The van der Waals surface area contributed by atoms with Crippen molar-refractivity contribution in [3.63, 3.8) is 0 Å². The number of anilines is 2. The number of nitrogens with one attached hydrogen (secondary N) is 1. The van der Waals surface area contributed by atoms with Crippen LogP contribution >= 0.6 is 11.3 Å². The molecule has 0 saturated heterocycles. The SMILES string of the molecule is COc1cccc2sc(Nc3nnc(-c4ccc(OCC(=O)N(C)C)cc4)o3)nc12. The molecule has 1 amide bonds. The third kappa shape index (κ3) is 4.18. The number of ether oxygens (including phenoxy) is 2. The van der Waals surface area contributed by atoms with Gasteiger partial charge in [0.1, 0.15) is 17.0 Å². The van der Waals surface area contributed by atoms with Gasteiger partial charge in [0.05, 0.1) is 11.8 Å². The second-order valence-electron chi connectivity index (χ2n) is 6.46. The number of methoxy groups -OCH3 is 1. The van der Waals surface area contributed by atoms with Crippen LogP contribution in [0.5, 0.6) is 11.5 Å². The van der Waals surface area contributed by atoms with E-state index in [0.717, 1.165) is 15.8 Å². The molecule has 1 N–H and O–H groups in total. The van der Waals surface area contributed by atoms with Gasteiger partial charge in [-0.15, -0.1) is 5.10 Å². The van der Waals surface area contributed by atoms with Crippen molar-refractivity contribution in [2.24, 2.45) is 0 Å². The average Bonchev–Trinajstić information content (AvgIpc) is 3.38. The van der Waals surface area contributed by atoms with E-state index in [9.17, 15) is 4.79 Å². The molecule has 10 heteroatoms. The van der Waals surface area contributed by atoms with Crippen molar-refractivity contribution in [1.29, 1.82) is 0 Å². The maximum atomic E-state index is 11.6. The molecule has 2 aromatic carbocycles. The van der Waals surface area contributed by atoms with Crippen molar-refractivity contribution in [2.75, 3.05) is 33.1 Å². The van der Waals surface area contributed by atoms with E-state index in [1.54, 1.807) is 45.5 Å². The minimum Gasteiger partial charge on any atom is -0.494 e. The number of amides is 1. The number of likely N-dealkylation sites (N-methyl/N-ethyl adjacent to an activating group) is 1. The van der Waals surface area contributed by atoms with Crippen molar-refractivity contribution in [3.8, 4) is 23.0 Å². The van der Waals surface area contributed by atoms with E-state index >= 15 is 0 Å². The highest BCUT2D eigenvalue weighted by molar-refractivity contribution is 7.22. The number of para-hydroxylation sites is 1. The predicted octanol–water partition coefficient (Wildman–Crippen LogP) is 3.57. The molecule has 0 saturated carbocycles. The van der Waals surface area contributed by atoms with Crippen molar-refractivity contribution in [3.05, 3.63) is 42.5 Å². The lowest BCUT2D eigenvalue weighted by atomic mass is 10.2. The van der Waals surface area contributed by atoms with Gasteiger partial charge < -0.3 is 18.8 Å². The lowest BCUT2D eigenvalue weighted by molar-refractivity contribution is -0.130. The quantitative estimate of drug-likeness (QED) is 0.479. The highest BCUT2D eigenvalue weighted by Gasteiger charge is 2.13. The fraction of sp³-hybridized carbons (Fsp3) is 0.200. The minimum atomic E-state index is -0.112. The Hall–Kier alpha value is -3.66. The maximum absolute atomic E-state index is 11.6. The first-order valence-electron chi connectivity index (χ1n) is 9.01. The van der Waals surface area contributed by atoms with Gasteiger partial charge in [-0.2, -0.15) is 0 Å². The third-order valence-corrected chi connectivity index (χ3v) is 5.14. The smallest absolute Gasteiger partial charge is 0.322 e. The Balaban J connectivity index is 1.44. The molecule has 4 aromatic rings. The Bertz CT molecular complexity index is 1170. The van der Waals surface area contributed by atoms with E-state index in [1.165, 1.54) is 16.2 Å². The van der Waals surface area contributed by atoms with Crippen LogP contribution < -0.4 is 14.8 Å². The van der Waals surface area contributed by atoms with Crippen molar-refractivity contribution >= 4 is 38.6 Å². The predicted molar refractivity (Wildman–Crippen MR) is 113 cm³/mol. The van der Waals surface area contributed by atoms with Gasteiger partial charge in [-0.3, -0.25) is 10.1 Å². The summed E-state index contributed by atoms with van der Waals surface area (Å²) >= 11 is 1.46. The Morgan fingerprint density at radius 3 is 2.70 bits per heavy atom. The standard InChI is InChI=1S/C20H19N5O4S/c1-25(2)16(26)11-28-13-9-7-12(8-10-13)18-23-24-19(29-18)22-20-21-17-14(27-3)5-4-6-15(17)30-20/h4-10H,11H2,1-3H3,(H,21,22,24). The Morgan fingerprint density at radius 1 is 1.17 bits per heavy atom. The molecule has 9 nitrogen and oxygen atoms in total. The molecule has 0 aliphatic carbocycles. The van der Waals surface area contributed by atoms with Crippen LogP contribution in [0.1, 0.15) is 0 Å². The molecule has 154 valence electrons. The number of thiazole rings is 1. The van der Waals surface area contributed by atoms with E-state index in [-0.39, 0.29) is 18.5 Å². The van der Waals surface area contributed by atoms with Crippen LogP contribution in [0.3, 0.4) is 0 Å². The summed E-state index contributed by atoms with van der Waals surface area (Å²) < 4.78 is 17.5. The number of nitrogens with zero attached hydrogens (tertiary/aromatic N) is 4. The molecule has 0 fully saturated rings. The second-order valence-corrected chi connectivity index (χ2v) is 7.50. The molecule has 0 bridgehead atoms. The molecule has 4 rings (SSSR count). The largest absolute Gasteiger partial charge is 0.494 e. The molecular formula is C20H19N5O4S. The number of carbonyl (C=O) groups is 1. The molecule has 0 atom stereocenters. The fourth-order valence-corrected chi connectivity index (χ4v) is 3.46. The Kier molecular flexibility index (Phi) is 5.48. The zero-order valence-electron chi connectivity index (χ0n) is 16.6. The van der Waals surface area contributed by atoms with Crippen LogP contribution in [-0.2, 0) is 4.79 Å². The topological polar surface area (TPSA) is 103 Å². The molecule has 0 aliphatic rings. The van der Waals surface area contributed by atoms with Crippen LogP contribution in [0, 0.1) is 0 Å². The number of rotatable bonds is 7. The lowest BCUT2D eigenvalue weighted by Crippen LogP contribution is -2.27. The summed E-state index contributed by atoms with van der Waals surface area (Å²) in [6.45, 7) is -0.0199. The first-order valence-corrected chi connectivity index (χ1v) is 9.82. The molecular weight excluding hydrogens is 406 g/mol. The van der Waals surface area contributed by atoms with E-state index in [4.69, 9.17) is 13.9 Å². The highest BCUT2D eigenvalue weighted by Crippen LogP contribution is 2.33. The van der Waals surface area contributed by atoms with Gasteiger partial charge in [-0.05, 0) is 36.4 Å². The fourth-order valence-electron chi connectivity index (χ4n) is 2.59. The number of hydrogen-bond acceptors (Lipinski definition) is 9. The van der Waals surface area contributed by atoms with Gasteiger partial charge in [0.25, 0.3) is 5.91 Å². The van der Waals surface area contributed by atoms with Crippen molar-refractivity contribution < 1.29 is 18.7 Å². The monoisotopic (exact) mass is 425 g/mol. The molecule has 0 aliphatic heterocycles. The zero-order chi connectivity index (χ0) is 21.1. The average molecular weight is 425 g/mol. The summed E-state index contributed by atoms with van der Waals surface area (Å²) in [6.07, 6.45) is 0. The Labute approximate surface area is 176 Å². The summed E-state index contributed by atoms with van der Waals surface area (Å²) in [5.41, 5.74) is 1.50. The number of benzene rings is 2. The van der Waals surface area contributed by atoms with Crippen LogP contribution in [0.2, 0.25) is 0 Å². The first-order chi connectivity index (χ1) is 14.5. The zero-order valence-corrected chi connectivity index (χ0v) is 17.4. The summed E-state index contributed by atoms with van der Waals surface area (Å²) in [6, 6.07) is 13.0. The molecule has 0 spiro atoms. The van der Waals surface area contributed by atoms with E-state index in [1.807, 2.05) is 18.2 Å². The van der Waals surface area contributed by atoms with E-state index in [2.05, 4.69) is 20.5 Å². The van der Waals surface area contributed by atoms with Crippen molar-refractivity contribution in [2.45, 2.75) is 0 Å². The van der Waals surface area contributed by atoms with Crippen LogP contribution in [0.15, 0.2) is 46.9 Å². The number of carbonyl (C=O) groups excluding carboxylic acids is 1. The number of aromatic nitrogens is 3. The minimum absolute atomic E-state index is 0.0199. The van der Waals surface area contributed by atoms with Gasteiger partial charge in [0.15, 0.2) is 11.7 Å². The number of hydrogen-bond donors (Lipinski definition) is 1. The van der Waals surface area contributed by atoms with Gasteiger partial charge in [0.2, 0.25) is 5.89 Å². The summed E-state index contributed by atoms with van der Waals surface area (Å²) in [5, 5.41) is 11.8. The maximum Gasteiger partial charge on any atom is 0.322 e. The van der Waals surface area contributed by atoms with Gasteiger partial charge >= 0.3 is 6.01 Å². The lowest BCUT2D eigenvalue weighted by Gasteiger charge is -2.11. The third-order valence-electron chi connectivity index (χ3n) is 4.20. The van der Waals surface area contributed by atoms with E-state index < -0.39 is 0 Å².